The lowest BCUT2D eigenvalue weighted by atomic mass is 10.1. The van der Waals surface area contributed by atoms with Crippen LogP contribution in [0.4, 0.5) is 0 Å². The number of aliphatic hydroxyl groups is 1. The average molecular weight is 301 g/mol. The molecule has 1 aromatic heterocycles. The molecule has 1 N–H and O–H groups in total. The van der Waals surface area contributed by atoms with Crippen molar-refractivity contribution in [2.75, 3.05) is 20.3 Å². The van der Waals surface area contributed by atoms with Gasteiger partial charge in [0.05, 0.1) is 19.4 Å². The van der Waals surface area contributed by atoms with Crippen LogP contribution >= 0.6 is 0 Å². The summed E-state index contributed by atoms with van der Waals surface area (Å²) < 4.78 is 5.30. The largest absolute Gasteiger partial charge is 0.496 e. The summed E-state index contributed by atoms with van der Waals surface area (Å²) in [5.74, 6) is 0.431. The summed E-state index contributed by atoms with van der Waals surface area (Å²) in [4.78, 5) is 14.0. The van der Waals surface area contributed by atoms with Crippen LogP contribution < -0.4 is 4.74 Å². The summed E-state index contributed by atoms with van der Waals surface area (Å²) in [6, 6.07) is 10.8. The van der Waals surface area contributed by atoms with E-state index in [2.05, 4.69) is 10.2 Å². The zero-order chi connectivity index (χ0) is 15.9. The third-order valence-corrected chi connectivity index (χ3v) is 3.23. The van der Waals surface area contributed by atoms with Crippen LogP contribution in [0.1, 0.15) is 21.7 Å². The lowest BCUT2D eigenvalue weighted by Crippen LogP contribution is -2.34. The molecule has 6 heteroatoms. The summed E-state index contributed by atoms with van der Waals surface area (Å²) in [6.45, 7) is 2.23. The molecule has 0 bridgehead atoms. The molecule has 1 amide bonds. The van der Waals surface area contributed by atoms with E-state index in [4.69, 9.17) is 4.74 Å². The van der Waals surface area contributed by atoms with Crippen molar-refractivity contribution < 1.29 is 14.6 Å². The molecule has 2 rings (SSSR count). The SMILES string of the molecule is COc1ccccc1CN(CCO)C(=O)c1ccc(C)nn1. The Bertz CT molecular complexity index is 629. The molecule has 1 aromatic carbocycles. The molecular formula is C16H19N3O3. The van der Waals surface area contributed by atoms with Crippen LogP contribution in [0.25, 0.3) is 0 Å². The van der Waals surface area contributed by atoms with E-state index in [0.29, 0.717) is 12.3 Å². The molecule has 0 aliphatic rings. The molecule has 1 heterocycles. The van der Waals surface area contributed by atoms with E-state index in [9.17, 15) is 9.90 Å². The zero-order valence-electron chi connectivity index (χ0n) is 12.7. The highest BCUT2D eigenvalue weighted by Crippen LogP contribution is 2.20. The van der Waals surface area contributed by atoms with Crippen molar-refractivity contribution in [3.63, 3.8) is 0 Å². The number of hydrogen-bond donors (Lipinski definition) is 1. The Morgan fingerprint density at radius 3 is 2.64 bits per heavy atom. The van der Waals surface area contributed by atoms with Crippen LogP contribution in [-0.2, 0) is 6.54 Å². The van der Waals surface area contributed by atoms with Gasteiger partial charge in [-0.1, -0.05) is 18.2 Å². The first-order valence-electron chi connectivity index (χ1n) is 6.98. The molecule has 0 saturated carbocycles. The van der Waals surface area contributed by atoms with Crippen molar-refractivity contribution in [2.24, 2.45) is 0 Å². The molecule has 116 valence electrons. The Kier molecular flexibility index (Phi) is 5.43. The minimum absolute atomic E-state index is 0.125. The van der Waals surface area contributed by atoms with Gasteiger partial charge in [0.1, 0.15) is 5.75 Å². The number of rotatable bonds is 6. The summed E-state index contributed by atoms with van der Waals surface area (Å²) >= 11 is 0. The number of para-hydroxylation sites is 1. The molecule has 0 aliphatic carbocycles. The zero-order valence-corrected chi connectivity index (χ0v) is 12.7. The molecule has 0 fully saturated rings. The number of carbonyl (C=O) groups is 1. The maximum Gasteiger partial charge on any atom is 0.274 e. The van der Waals surface area contributed by atoms with Crippen LogP contribution in [0, 0.1) is 6.92 Å². The lowest BCUT2D eigenvalue weighted by molar-refractivity contribution is 0.0699. The third kappa shape index (κ3) is 3.79. The Labute approximate surface area is 129 Å². The Hall–Kier alpha value is -2.47. The van der Waals surface area contributed by atoms with Gasteiger partial charge in [0.2, 0.25) is 0 Å². The Morgan fingerprint density at radius 2 is 2.00 bits per heavy atom. The summed E-state index contributed by atoms with van der Waals surface area (Å²) in [7, 11) is 1.59. The molecule has 0 saturated heterocycles. The van der Waals surface area contributed by atoms with E-state index < -0.39 is 0 Å². The van der Waals surface area contributed by atoms with E-state index in [1.54, 1.807) is 19.2 Å². The van der Waals surface area contributed by atoms with Gasteiger partial charge in [0.15, 0.2) is 5.69 Å². The van der Waals surface area contributed by atoms with Gasteiger partial charge < -0.3 is 14.7 Å². The number of aryl methyl sites for hydroxylation is 1. The monoisotopic (exact) mass is 301 g/mol. The highest BCUT2D eigenvalue weighted by Gasteiger charge is 2.18. The standard InChI is InChI=1S/C16H19N3O3/c1-12-7-8-14(18-17-12)16(21)19(9-10-20)11-13-5-3-4-6-15(13)22-2/h3-8,20H,9-11H2,1-2H3. The summed E-state index contributed by atoms with van der Waals surface area (Å²) in [5.41, 5.74) is 1.87. The van der Waals surface area contributed by atoms with E-state index in [1.165, 1.54) is 4.90 Å². The number of aromatic nitrogens is 2. The van der Waals surface area contributed by atoms with Crippen LogP contribution in [0.2, 0.25) is 0 Å². The summed E-state index contributed by atoms with van der Waals surface area (Å²) in [6.07, 6.45) is 0. The first-order chi connectivity index (χ1) is 10.7. The minimum Gasteiger partial charge on any atom is -0.496 e. The number of carbonyl (C=O) groups excluding carboxylic acids is 1. The van der Waals surface area contributed by atoms with E-state index in [1.807, 2.05) is 31.2 Å². The smallest absolute Gasteiger partial charge is 0.274 e. The number of amides is 1. The second kappa shape index (κ2) is 7.51. The van der Waals surface area contributed by atoms with Gasteiger partial charge >= 0.3 is 0 Å². The predicted molar refractivity (Wildman–Crippen MR) is 81.6 cm³/mol. The maximum atomic E-state index is 12.5. The quantitative estimate of drug-likeness (QED) is 0.873. The highest BCUT2D eigenvalue weighted by molar-refractivity contribution is 5.92. The third-order valence-electron chi connectivity index (χ3n) is 3.23. The number of hydrogen-bond acceptors (Lipinski definition) is 5. The fourth-order valence-electron chi connectivity index (χ4n) is 2.09. The topological polar surface area (TPSA) is 75.6 Å². The van der Waals surface area contributed by atoms with Crippen LogP contribution in [-0.4, -0.2) is 46.4 Å². The van der Waals surface area contributed by atoms with Gasteiger partial charge in [0.25, 0.3) is 5.91 Å². The summed E-state index contributed by atoms with van der Waals surface area (Å²) in [5, 5.41) is 17.0. The Morgan fingerprint density at radius 1 is 1.23 bits per heavy atom. The molecule has 0 unspecified atom stereocenters. The van der Waals surface area contributed by atoms with Crippen LogP contribution in [0.5, 0.6) is 5.75 Å². The van der Waals surface area contributed by atoms with Gasteiger partial charge in [0, 0.05) is 18.7 Å². The van der Waals surface area contributed by atoms with Gasteiger partial charge in [-0.3, -0.25) is 4.79 Å². The number of ether oxygens (including phenoxy) is 1. The lowest BCUT2D eigenvalue weighted by Gasteiger charge is -2.22. The molecule has 22 heavy (non-hydrogen) atoms. The van der Waals surface area contributed by atoms with E-state index in [-0.39, 0.29) is 24.8 Å². The van der Waals surface area contributed by atoms with Gasteiger partial charge in [-0.05, 0) is 25.1 Å². The van der Waals surface area contributed by atoms with Crippen molar-refractivity contribution in [3.05, 3.63) is 53.3 Å². The van der Waals surface area contributed by atoms with Crippen molar-refractivity contribution in [2.45, 2.75) is 13.5 Å². The van der Waals surface area contributed by atoms with Gasteiger partial charge in [-0.25, -0.2) is 0 Å². The molecule has 0 radical (unpaired) electrons. The number of methoxy groups -OCH3 is 1. The molecular weight excluding hydrogens is 282 g/mol. The van der Waals surface area contributed by atoms with Gasteiger partial charge in [-0.2, -0.15) is 5.10 Å². The van der Waals surface area contributed by atoms with E-state index >= 15 is 0 Å². The molecule has 2 aromatic rings. The van der Waals surface area contributed by atoms with Crippen molar-refractivity contribution in [1.82, 2.24) is 15.1 Å². The van der Waals surface area contributed by atoms with Gasteiger partial charge in [-0.15, -0.1) is 5.10 Å². The fourth-order valence-corrected chi connectivity index (χ4v) is 2.09. The second-order valence-corrected chi connectivity index (χ2v) is 4.82. The molecule has 6 nitrogen and oxygen atoms in total. The van der Waals surface area contributed by atoms with Crippen molar-refractivity contribution in [1.29, 1.82) is 0 Å². The normalized spacial score (nSPS) is 10.3. The predicted octanol–water partition coefficient (Wildman–Crippen LogP) is 1.43. The van der Waals surface area contributed by atoms with Crippen LogP contribution in [0.3, 0.4) is 0 Å². The first kappa shape index (κ1) is 15.9. The first-order valence-corrected chi connectivity index (χ1v) is 6.98. The van der Waals surface area contributed by atoms with Crippen molar-refractivity contribution >= 4 is 5.91 Å². The molecule has 0 atom stereocenters. The van der Waals surface area contributed by atoms with Crippen LogP contribution in [0.15, 0.2) is 36.4 Å². The number of nitrogens with zero attached hydrogens (tertiary/aromatic N) is 3. The molecule has 0 spiro atoms. The number of benzene rings is 1. The average Bonchev–Trinajstić information content (AvgIpc) is 2.55. The van der Waals surface area contributed by atoms with E-state index in [0.717, 1.165) is 11.3 Å². The second-order valence-electron chi connectivity index (χ2n) is 4.82. The minimum atomic E-state index is -0.271. The maximum absolute atomic E-state index is 12.5. The van der Waals surface area contributed by atoms with Crippen molar-refractivity contribution in [3.8, 4) is 5.75 Å². The Balaban J connectivity index is 2.22. The molecule has 0 aliphatic heterocycles. The highest BCUT2D eigenvalue weighted by atomic mass is 16.5. The fraction of sp³-hybridized carbons (Fsp3) is 0.312. The number of aliphatic hydroxyl groups excluding tert-OH is 1.